The van der Waals surface area contributed by atoms with Gasteiger partial charge in [0.15, 0.2) is 5.13 Å². The van der Waals surface area contributed by atoms with E-state index in [9.17, 15) is 4.79 Å². The van der Waals surface area contributed by atoms with Gasteiger partial charge >= 0.3 is 0 Å². The maximum atomic E-state index is 12.0. The Hall–Kier alpha value is -2.39. The van der Waals surface area contributed by atoms with Gasteiger partial charge in [0.25, 0.3) is 0 Å². The van der Waals surface area contributed by atoms with Gasteiger partial charge in [0.1, 0.15) is 11.2 Å². The summed E-state index contributed by atoms with van der Waals surface area (Å²) in [4.78, 5) is 16.4. The number of aryl methyl sites for hydroxylation is 1. The Bertz CT molecular complexity index is 744. The number of thiazole rings is 1. The third kappa shape index (κ3) is 3.26. The zero-order valence-electron chi connectivity index (χ0n) is 12.9. The number of carbonyl (C=O) groups excluding carboxylic acids is 1. The fourth-order valence-electron chi connectivity index (χ4n) is 1.78. The van der Waals surface area contributed by atoms with Crippen molar-refractivity contribution in [2.45, 2.75) is 20.8 Å². The number of carbonyl (C=O) groups is 1. The van der Waals surface area contributed by atoms with Crippen LogP contribution in [0.2, 0.25) is 0 Å². The predicted octanol–water partition coefficient (Wildman–Crippen LogP) is 3.62. The van der Waals surface area contributed by atoms with E-state index in [4.69, 9.17) is 10.00 Å². The molecule has 0 radical (unpaired) electrons. The molecule has 0 bridgehead atoms. The zero-order chi connectivity index (χ0) is 16.3. The summed E-state index contributed by atoms with van der Waals surface area (Å²) in [6, 6.07) is 7.81. The first-order chi connectivity index (χ1) is 10.4. The highest BCUT2D eigenvalue weighted by Crippen LogP contribution is 2.33. The first-order valence-electron chi connectivity index (χ1n) is 6.70. The number of anilines is 1. The second-order valence-electron chi connectivity index (χ2n) is 5.43. The number of nitrogens with one attached hydrogen (secondary N) is 1. The lowest BCUT2D eigenvalue weighted by Crippen LogP contribution is -2.29. The van der Waals surface area contributed by atoms with E-state index in [-0.39, 0.29) is 5.91 Å². The lowest BCUT2D eigenvalue weighted by Gasteiger charge is -2.13. The number of nitriles is 1. The summed E-state index contributed by atoms with van der Waals surface area (Å²) in [5.74, 6) is 0.359. The fourth-order valence-corrected chi connectivity index (χ4v) is 2.49. The van der Waals surface area contributed by atoms with Gasteiger partial charge in [0.2, 0.25) is 5.91 Å². The number of rotatable bonds is 4. The third-order valence-electron chi connectivity index (χ3n) is 3.20. The molecule has 22 heavy (non-hydrogen) atoms. The molecule has 5 nitrogen and oxygen atoms in total. The van der Waals surface area contributed by atoms with Crippen LogP contribution in [0.15, 0.2) is 23.6 Å². The van der Waals surface area contributed by atoms with Gasteiger partial charge in [0.05, 0.1) is 18.9 Å². The Morgan fingerprint density at radius 3 is 2.82 bits per heavy atom. The summed E-state index contributed by atoms with van der Waals surface area (Å²) in [5, 5.41) is 14.0. The van der Waals surface area contributed by atoms with Crippen LogP contribution < -0.4 is 10.1 Å². The van der Waals surface area contributed by atoms with Crippen LogP contribution in [-0.4, -0.2) is 18.0 Å². The second kappa shape index (κ2) is 6.16. The number of nitrogens with zero attached hydrogens (tertiary/aromatic N) is 2. The molecule has 0 saturated carbocycles. The molecule has 0 atom stereocenters. The van der Waals surface area contributed by atoms with Gasteiger partial charge < -0.3 is 10.1 Å². The van der Waals surface area contributed by atoms with E-state index in [1.165, 1.54) is 11.3 Å². The molecule has 2 aromatic rings. The summed E-state index contributed by atoms with van der Waals surface area (Å²) in [5.41, 5.74) is 1.61. The lowest BCUT2D eigenvalue weighted by molar-refractivity contribution is -0.121. The van der Waals surface area contributed by atoms with Crippen molar-refractivity contribution in [1.29, 1.82) is 5.26 Å². The van der Waals surface area contributed by atoms with E-state index >= 15 is 0 Å². The Kier molecular flexibility index (Phi) is 4.48. The van der Waals surface area contributed by atoms with Crippen LogP contribution in [0, 0.1) is 23.7 Å². The number of hydrogen-bond donors (Lipinski definition) is 1. The van der Waals surface area contributed by atoms with Crippen LogP contribution in [0.25, 0.3) is 11.3 Å². The number of amides is 1. The molecule has 6 heteroatoms. The largest absolute Gasteiger partial charge is 0.496 e. The quantitative estimate of drug-likeness (QED) is 0.935. The van der Waals surface area contributed by atoms with Crippen molar-refractivity contribution >= 4 is 22.4 Å². The van der Waals surface area contributed by atoms with Crippen molar-refractivity contribution in [2.24, 2.45) is 5.41 Å². The molecule has 1 heterocycles. The minimum Gasteiger partial charge on any atom is -0.496 e. The van der Waals surface area contributed by atoms with Crippen molar-refractivity contribution in [1.82, 2.24) is 4.98 Å². The number of benzene rings is 1. The van der Waals surface area contributed by atoms with E-state index in [0.29, 0.717) is 5.13 Å². The fraction of sp³-hybridized carbons (Fsp3) is 0.312. The van der Waals surface area contributed by atoms with Crippen LogP contribution in [0.1, 0.15) is 19.4 Å². The average molecular weight is 315 g/mol. The van der Waals surface area contributed by atoms with Crippen molar-refractivity contribution in [3.05, 3.63) is 29.1 Å². The molecule has 1 amide bonds. The molecule has 114 valence electrons. The predicted molar refractivity (Wildman–Crippen MR) is 86.9 cm³/mol. The summed E-state index contributed by atoms with van der Waals surface area (Å²) in [7, 11) is 1.61. The van der Waals surface area contributed by atoms with Gasteiger partial charge in [-0.2, -0.15) is 5.26 Å². The van der Waals surface area contributed by atoms with Crippen molar-refractivity contribution in [2.75, 3.05) is 12.4 Å². The molecule has 0 spiro atoms. The van der Waals surface area contributed by atoms with E-state index in [1.54, 1.807) is 21.0 Å². The summed E-state index contributed by atoms with van der Waals surface area (Å²) < 4.78 is 5.35. The molecule has 0 aliphatic heterocycles. The van der Waals surface area contributed by atoms with Crippen LogP contribution in [0.3, 0.4) is 0 Å². The van der Waals surface area contributed by atoms with Crippen LogP contribution in [0.4, 0.5) is 5.13 Å². The number of ether oxygens (including phenoxy) is 1. The van der Waals surface area contributed by atoms with Crippen LogP contribution in [-0.2, 0) is 4.79 Å². The molecular formula is C16H17N3O2S. The summed E-state index contributed by atoms with van der Waals surface area (Å²) in [6.07, 6.45) is 0. The molecule has 0 fully saturated rings. The second-order valence-corrected chi connectivity index (χ2v) is 6.29. The zero-order valence-corrected chi connectivity index (χ0v) is 13.7. The Labute approximate surface area is 133 Å². The molecule has 0 aliphatic rings. The molecule has 0 aliphatic carbocycles. The summed E-state index contributed by atoms with van der Waals surface area (Å²) >= 11 is 1.32. The van der Waals surface area contributed by atoms with E-state index in [0.717, 1.165) is 22.6 Å². The Morgan fingerprint density at radius 1 is 1.45 bits per heavy atom. The smallest absolute Gasteiger partial charge is 0.246 e. The molecule has 1 aromatic carbocycles. The lowest BCUT2D eigenvalue weighted by atomic mass is 9.95. The van der Waals surface area contributed by atoms with E-state index < -0.39 is 5.41 Å². The molecule has 0 saturated heterocycles. The van der Waals surface area contributed by atoms with Gasteiger partial charge in [-0.15, -0.1) is 11.3 Å². The van der Waals surface area contributed by atoms with Gasteiger partial charge in [0, 0.05) is 10.9 Å². The minimum absolute atomic E-state index is 0.368. The first kappa shape index (κ1) is 16.0. The Morgan fingerprint density at radius 2 is 2.18 bits per heavy atom. The summed E-state index contributed by atoms with van der Waals surface area (Å²) in [6.45, 7) is 5.13. The standard InChI is InChI=1S/C16H17N3O2S/c1-10-5-6-13(21-4)11(7-10)12-8-22-15(18-12)19-14(20)16(2,3)9-17/h5-8H,1-4H3,(H,18,19,20). The van der Waals surface area contributed by atoms with Crippen molar-refractivity contribution in [3.63, 3.8) is 0 Å². The van der Waals surface area contributed by atoms with E-state index in [1.807, 2.05) is 36.6 Å². The van der Waals surface area contributed by atoms with Crippen molar-refractivity contribution in [3.8, 4) is 23.1 Å². The topological polar surface area (TPSA) is 75.0 Å². The SMILES string of the molecule is COc1ccc(C)cc1-c1csc(NC(=O)C(C)(C)C#N)n1. The maximum absolute atomic E-state index is 12.0. The normalized spacial score (nSPS) is 10.9. The molecule has 2 rings (SSSR count). The highest BCUT2D eigenvalue weighted by atomic mass is 32.1. The van der Waals surface area contributed by atoms with Crippen molar-refractivity contribution < 1.29 is 9.53 Å². The first-order valence-corrected chi connectivity index (χ1v) is 7.58. The number of methoxy groups -OCH3 is 1. The number of hydrogen-bond acceptors (Lipinski definition) is 5. The van der Waals surface area contributed by atoms with Crippen LogP contribution in [0.5, 0.6) is 5.75 Å². The van der Waals surface area contributed by atoms with Gasteiger partial charge in [-0.1, -0.05) is 11.6 Å². The Balaban J connectivity index is 2.28. The highest BCUT2D eigenvalue weighted by Gasteiger charge is 2.28. The molecule has 1 aromatic heterocycles. The van der Waals surface area contributed by atoms with Gasteiger partial charge in [-0.05, 0) is 32.9 Å². The van der Waals surface area contributed by atoms with E-state index in [2.05, 4.69) is 10.3 Å². The monoisotopic (exact) mass is 315 g/mol. The number of aromatic nitrogens is 1. The highest BCUT2D eigenvalue weighted by molar-refractivity contribution is 7.14. The molecule has 1 N–H and O–H groups in total. The average Bonchev–Trinajstić information content (AvgIpc) is 2.95. The van der Waals surface area contributed by atoms with Crippen LogP contribution >= 0.6 is 11.3 Å². The molecule has 0 unspecified atom stereocenters. The third-order valence-corrected chi connectivity index (χ3v) is 3.96. The van der Waals surface area contributed by atoms with Gasteiger partial charge in [-0.25, -0.2) is 4.98 Å². The maximum Gasteiger partial charge on any atom is 0.246 e. The minimum atomic E-state index is -1.09. The van der Waals surface area contributed by atoms with Gasteiger partial charge in [-0.3, -0.25) is 4.79 Å². The molecular weight excluding hydrogens is 298 g/mol.